The van der Waals surface area contributed by atoms with Crippen molar-refractivity contribution in [2.45, 2.75) is 12.5 Å². The molecule has 0 saturated heterocycles. The fourth-order valence-electron chi connectivity index (χ4n) is 3.72. The van der Waals surface area contributed by atoms with Crippen LogP contribution in [-0.2, 0) is 6.61 Å². The van der Waals surface area contributed by atoms with Gasteiger partial charge in [-0.15, -0.1) is 0 Å². The smallest absolute Gasteiger partial charge is 0.231 e. The zero-order chi connectivity index (χ0) is 21.4. The van der Waals surface area contributed by atoms with Crippen molar-refractivity contribution in [3.05, 3.63) is 94.6 Å². The Labute approximate surface area is 177 Å². The van der Waals surface area contributed by atoms with Gasteiger partial charge < -0.3 is 24.7 Å². The summed E-state index contributed by atoms with van der Waals surface area (Å²) in [4.78, 5) is 0. The summed E-state index contributed by atoms with van der Waals surface area (Å²) in [6, 6.07) is 19.4. The molecule has 31 heavy (non-hydrogen) atoms. The lowest BCUT2D eigenvalue weighted by Gasteiger charge is -2.26. The summed E-state index contributed by atoms with van der Waals surface area (Å²) in [5.41, 5.74) is 8.42. The van der Waals surface area contributed by atoms with E-state index in [1.165, 1.54) is 6.07 Å². The predicted molar refractivity (Wildman–Crippen MR) is 109 cm³/mol. The molecule has 3 aromatic carbocycles. The molecule has 6 nitrogen and oxygen atoms in total. The molecular formula is C24H17FN2O4. The van der Waals surface area contributed by atoms with Gasteiger partial charge in [0, 0.05) is 17.2 Å². The van der Waals surface area contributed by atoms with Crippen LogP contribution in [0.25, 0.3) is 0 Å². The molecule has 0 amide bonds. The molecular weight excluding hydrogens is 399 g/mol. The van der Waals surface area contributed by atoms with E-state index in [9.17, 15) is 9.65 Å². The number of benzene rings is 3. The Balaban J connectivity index is 1.45. The lowest BCUT2D eigenvalue weighted by Crippen LogP contribution is -2.21. The zero-order valence-electron chi connectivity index (χ0n) is 16.3. The first kappa shape index (κ1) is 18.8. The normalized spacial score (nSPS) is 16.3. The first-order valence-corrected chi connectivity index (χ1v) is 9.61. The number of fused-ring (bicyclic) bond motifs is 2. The van der Waals surface area contributed by atoms with Crippen molar-refractivity contribution >= 4 is 0 Å². The van der Waals surface area contributed by atoms with Crippen molar-refractivity contribution in [3.8, 4) is 29.1 Å². The summed E-state index contributed by atoms with van der Waals surface area (Å²) in [7, 11) is 0. The van der Waals surface area contributed by atoms with E-state index < -0.39 is 5.92 Å². The van der Waals surface area contributed by atoms with E-state index in [1.54, 1.807) is 36.4 Å². The molecule has 3 aromatic rings. The maximum Gasteiger partial charge on any atom is 0.231 e. The Morgan fingerprint density at radius 1 is 1.03 bits per heavy atom. The van der Waals surface area contributed by atoms with Gasteiger partial charge in [-0.2, -0.15) is 5.26 Å². The maximum absolute atomic E-state index is 13.8. The fourth-order valence-corrected chi connectivity index (χ4v) is 3.72. The number of allylic oxidation sites excluding steroid dienone is 1. The molecule has 2 N–H and O–H groups in total. The van der Waals surface area contributed by atoms with Crippen molar-refractivity contribution in [1.82, 2.24) is 0 Å². The first-order valence-electron chi connectivity index (χ1n) is 9.61. The quantitative estimate of drug-likeness (QED) is 0.680. The number of ether oxygens (including phenoxy) is 4. The van der Waals surface area contributed by atoms with Gasteiger partial charge >= 0.3 is 0 Å². The summed E-state index contributed by atoms with van der Waals surface area (Å²) >= 11 is 0. The number of rotatable bonds is 4. The molecule has 1 unspecified atom stereocenters. The average molecular weight is 416 g/mol. The van der Waals surface area contributed by atoms with Gasteiger partial charge in [-0.1, -0.05) is 30.3 Å². The van der Waals surface area contributed by atoms with E-state index in [0.29, 0.717) is 34.1 Å². The number of nitrogens with zero attached hydrogens (tertiary/aromatic N) is 1. The lowest BCUT2D eigenvalue weighted by molar-refractivity contribution is 0.174. The SMILES string of the molecule is N#CC1=C(N)Oc2cc3c(cc2C1c1ccc(OCc2ccccc2F)cc1)OCO3. The summed E-state index contributed by atoms with van der Waals surface area (Å²) < 4.78 is 36.1. The zero-order valence-corrected chi connectivity index (χ0v) is 16.3. The predicted octanol–water partition coefficient (Wildman–Crippen LogP) is 4.35. The first-order chi connectivity index (χ1) is 15.1. The van der Waals surface area contributed by atoms with Crippen molar-refractivity contribution in [1.29, 1.82) is 5.26 Å². The number of hydrogen-bond acceptors (Lipinski definition) is 6. The second-order valence-electron chi connectivity index (χ2n) is 7.12. The highest BCUT2D eigenvalue weighted by Crippen LogP contribution is 2.47. The van der Waals surface area contributed by atoms with Crippen LogP contribution in [0.1, 0.15) is 22.6 Å². The van der Waals surface area contributed by atoms with Gasteiger partial charge in [-0.25, -0.2) is 4.39 Å². The molecule has 154 valence electrons. The van der Waals surface area contributed by atoms with Crippen LogP contribution in [0.5, 0.6) is 23.0 Å². The molecule has 1 atom stereocenters. The highest BCUT2D eigenvalue weighted by atomic mass is 19.1. The van der Waals surface area contributed by atoms with Crippen molar-refractivity contribution in [2.24, 2.45) is 5.73 Å². The molecule has 0 radical (unpaired) electrons. The Kier molecular flexibility index (Phi) is 4.60. The fraction of sp³-hybridized carbons (Fsp3) is 0.125. The monoisotopic (exact) mass is 416 g/mol. The number of hydrogen-bond donors (Lipinski definition) is 1. The molecule has 2 aliphatic heterocycles. The Hall–Kier alpha value is -4.18. The van der Waals surface area contributed by atoms with E-state index in [4.69, 9.17) is 24.7 Å². The second kappa shape index (κ2) is 7.58. The molecule has 7 heteroatoms. The van der Waals surface area contributed by atoms with Gasteiger partial charge in [0.25, 0.3) is 0 Å². The molecule has 0 fully saturated rings. The lowest BCUT2D eigenvalue weighted by atomic mass is 9.83. The van der Waals surface area contributed by atoms with Crippen molar-refractivity contribution < 1.29 is 23.3 Å². The van der Waals surface area contributed by atoms with Gasteiger partial charge in [0.05, 0.1) is 5.92 Å². The number of halogens is 1. The molecule has 0 bridgehead atoms. The van der Waals surface area contributed by atoms with E-state index in [1.807, 2.05) is 18.2 Å². The van der Waals surface area contributed by atoms with Crippen LogP contribution < -0.4 is 24.7 Å². The summed E-state index contributed by atoms with van der Waals surface area (Å²) in [6.07, 6.45) is 0. The van der Waals surface area contributed by atoms with Crippen molar-refractivity contribution in [3.63, 3.8) is 0 Å². The Bertz CT molecular complexity index is 1230. The maximum atomic E-state index is 13.8. The van der Waals surface area contributed by atoms with Gasteiger partial charge in [0.15, 0.2) is 11.5 Å². The minimum absolute atomic E-state index is 0.0544. The average Bonchev–Trinajstić information content (AvgIpc) is 3.24. The molecule has 0 aliphatic carbocycles. The third-order valence-electron chi connectivity index (χ3n) is 5.28. The summed E-state index contributed by atoms with van der Waals surface area (Å²) in [6.45, 7) is 0.247. The van der Waals surface area contributed by atoms with Crippen LogP contribution >= 0.6 is 0 Å². The van der Waals surface area contributed by atoms with E-state index >= 15 is 0 Å². The van der Waals surface area contributed by atoms with Gasteiger partial charge in [0.1, 0.15) is 35.6 Å². The van der Waals surface area contributed by atoms with Crippen LogP contribution in [-0.4, -0.2) is 6.79 Å². The highest BCUT2D eigenvalue weighted by Gasteiger charge is 2.33. The third kappa shape index (κ3) is 3.38. The minimum Gasteiger partial charge on any atom is -0.489 e. The van der Waals surface area contributed by atoms with Crippen LogP contribution in [0, 0.1) is 17.1 Å². The van der Waals surface area contributed by atoms with Gasteiger partial charge in [-0.05, 0) is 29.8 Å². The van der Waals surface area contributed by atoms with Crippen LogP contribution in [0.15, 0.2) is 72.1 Å². The largest absolute Gasteiger partial charge is 0.489 e. The third-order valence-corrected chi connectivity index (χ3v) is 5.28. The van der Waals surface area contributed by atoms with Crippen LogP contribution in [0.4, 0.5) is 4.39 Å². The number of nitriles is 1. The Morgan fingerprint density at radius 2 is 1.77 bits per heavy atom. The summed E-state index contributed by atoms with van der Waals surface area (Å²) in [5, 5.41) is 9.72. The molecule has 2 aliphatic rings. The number of nitrogens with two attached hydrogens (primary N) is 1. The molecule has 0 spiro atoms. The van der Waals surface area contributed by atoms with Crippen molar-refractivity contribution in [2.75, 3.05) is 6.79 Å². The Morgan fingerprint density at radius 3 is 2.52 bits per heavy atom. The second-order valence-corrected chi connectivity index (χ2v) is 7.12. The summed E-state index contributed by atoms with van der Waals surface area (Å²) in [5.74, 6) is 1.59. The van der Waals surface area contributed by atoms with E-state index in [2.05, 4.69) is 6.07 Å². The molecule has 0 saturated carbocycles. The minimum atomic E-state index is -0.427. The van der Waals surface area contributed by atoms with Gasteiger partial charge in [-0.3, -0.25) is 0 Å². The molecule has 2 heterocycles. The molecule has 0 aromatic heterocycles. The van der Waals surface area contributed by atoms with Crippen LogP contribution in [0.3, 0.4) is 0 Å². The highest BCUT2D eigenvalue weighted by molar-refractivity contribution is 5.61. The van der Waals surface area contributed by atoms with E-state index in [-0.39, 0.29) is 25.1 Å². The molecule has 5 rings (SSSR count). The topological polar surface area (TPSA) is 86.7 Å². The van der Waals surface area contributed by atoms with E-state index in [0.717, 1.165) is 11.1 Å². The van der Waals surface area contributed by atoms with Crippen LogP contribution in [0.2, 0.25) is 0 Å². The standard InChI is InChI=1S/C24H17FN2O4/c25-19-4-2-1-3-15(19)12-28-16-7-5-14(6-8-16)23-17-9-21-22(30-13-29-21)10-20(17)31-24(27)18(23)11-26/h1-10,23H,12-13,27H2. The van der Waals surface area contributed by atoms with Gasteiger partial charge in [0.2, 0.25) is 12.7 Å².